The number of fused-ring (bicyclic) bond motifs is 1. The Morgan fingerprint density at radius 3 is 2.39 bits per heavy atom. The third-order valence-electron chi connectivity index (χ3n) is 11.3. The first-order chi connectivity index (χ1) is 30.5. The molecule has 4 aromatic rings. The van der Waals surface area contributed by atoms with Crippen LogP contribution in [0.25, 0.3) is 0 Å². The van der Waals surface area contributed by atoms with Crippen molar-refractivity contribution in [3.05, 3.63) is 104 Å². The minimum atomic E-state index is -1.06. The van der Waals surface area contributed by atoms with Crippen LogP contribution >= 0.6 is 23.2 Å². The number of amides is 7. The molecule has 1 unspecified atom stereocenters. The van der Waals surface area contributed by atoms with Gasteiger partial charge in [-0.05, 0) is 88.6 Å². The molecule has 334 valence electrons. The van der Waals surface area contributed by atoms with Crippen LogP contribution < -0.4 is 26.4 Å². The van der Waals surface area contributed by atoms with Crippen LogP contribution in [0.4, 0.5) is 21.6 Å². The van der Waals surface area contributed by atoms with Crippen LogP contribution in [-0.2, 0) is 14.4 Å². The molecule has 1 aromatic heterocycles. The van der Waals surface area contributed by atoms with E-state index in [-0.39, 0.29) is 87.2 Å². The summed E-state index contributed by atoms with van der Waals surface area (Å²) in [5, 5.41) is 15.8. The van der Waals surface area contributed by atoms with Gasteiger partial charge in [-0.15, -0.1) is 10.2 Å². The van der Waals surface area contributed by atoms with Crippen molar-refractivity contribution in [1.29, 1.82) is 0 Å². The molecule has 0 bridgehead atoms. The summed E-state index contributed by atoms with van der Waals surface area (Å²) in [6.45, 7) is 6.40. The molecule has 7 amide bonds. The molecular weight excluding hydrogens is 872 g/mol. The van der Waals surface area contributed by atoms with Gasteiger partial charge in [0, 0.05) is 78.2 Å². The van der Waals surface area contributed by atoms with E-state index >= 15 is 0 Å². The smallest absolute Gasteiger partial charge is 0.276 e. The van der Waals surface area contributed by atoms with E-state index in [1.54, 1.807) is 53.1 Å². The van der Waals surface area contributed by atoms with Crippen LogP contribution in [0.3, 0.4) is 0 Å². The Hall–Kier alpha value is -6.66. The zero-order valence-electron chi connectivity index (χ0n) is 35.0. The molecule has 5 N–H and O–H groups in total. The molecule has 0 saturated carbocycles. The standard InChI is InChI=1S/C44H44Cl2FN9O8/c1-22-20-54(42(61)25-10-12-26(13-11-25)50-40(59)31-19-33(39(48)53-52-31)64-24(3)36-28(45)14-15-29(47)38(36)46)21-23(2)55(22)35(58)9-4-5-18-49-30-8-6-7-27-37(30)44(63)56(43(27)62)32-16-17-34(57)51-41(32)60/h6-8,10-15,19,22-24,32,49H,4-5,9,16-18,20-21H2,1-3H3,(H2,48,53)(H,50,59)(H,51,57,60)/t22-,23+,24-,32?/m1/s1. The number of aromatic nitrogens is 2. The maximum absolute atomic E-state index is 14.1. The maximum Gasteiger partial charge on any atom is 0.276 e. The van der Waals surface area contributed by atoms with E-state index in [0.29, 0.717) is 49.4 Å². The number of imide groups is 2. The maximum atomic E-state index is 14.1. The highest BCUT2D eigenvalue weighted by atomic mass is 35.5. The molecule has 0 spiro atoms. The molecule has 17 nitrogen and oxygen atoms in total. The topological polar surface area (TPSA) is 226 Å². The fourth-order valence-electron chi connectivity index (χ4n) is 8.22. The second kappa shape index (κ2) is 19.0. The zero-order valence-corrected chi connectivity index (χ0v) is 36.5. The van der Waals surface area contributed by atoms with Crippen molar-refractivity contribution in [1.82, 2.24) is 30.2 Å². The van der Waals surface area contributed by atoms with Gasteiger partial charge in [-0.1, -0.05) is 29.3 Å². The van der Waals surface area contributed by atoms with E-state index in [4.69, 9.17) is 33.7 Å². The quantitative estimate of drug-likeness (QED) is 0.0726. The summed E-state index contributed by atoms with van der Waals surface area (Å²) in [6, 6.07) is 13.3. The van der Waals surface area contributed by atoms with Gasteiger partial charge in [0.15, 0.2) is 17.3 Å². The van der Waals surface area contributed by atoms with Crippen LogP contribution in [0.1, 0.15) is 106 Å². The Bertz CT molecular complexity index is 2550. The molecule has 0 radical (unpaired) electrons. The molecule has 20 heteroatoms. The number of nitrogen functional groups attached to an aromatic ring is 1. The van der Waals surface area contributed by atoms with Crippen LogP contribution in [-0.4, -0.2) is 104 Å². The molecular formula is C44H44Cl2FN9O8. The van der Waals surface area contributed by atoms with Crippen LogP contribution in [0.15, 0.2) is 60.7 Å². The number of nitrogens with one attached hydrogen (secondary N) is 3. The van der Waals surface area contributed by atoms with Gasteiger partial charge in [-0.25, -0.2) is 4.39 Å². The first-order valence-electron chi connectivity index (χ1n) is 20.6. The van der Waals surface area contributed by atoms with Gasteiger partial charge < -0.3 is 30.9 Å². The lowest BCUT2D eigenvalue weighted by Gasteiger charge is -2.44. The number of nitrogens with zero attached hydrogens (tertiary/aromatic N) is 5. The summed E-state index contributed by atoms with van der Waals surface area (Å²) in [4.78, 5) is 95.2. The number of nitrogens with two attached hydrogens (primary N) is 1. The number of halogens is 3. The Morgan fingerprint density at radius 1 is 0.969 bits per heavy atom. The van der Waals surface area contributed by atoms with E-state index in [2.05, 4.69) is 26.1 Å². The normalized spacial score (nSPS) is 19.0. The number of rotatable bonds is 13. The number of hydrogen-bond acceptors (Lipinski definition) is 12. The van der Waals surface area contributed by atoms with Crippen LogP contribution in [0, 0.1) is 5.82 Å². The molecule has 2 fully saturated rings. The average Bonchev–Trinajstić information content (AvgIpc) is 3.51. The van der Waals surface area contributed by atoms with Crippen molar-refractivity contribution in [2.24, 2.45) is 0 Å². The zero-order chi connectivity index (χ0) is 46.0. The fourth-order valence-corrected chi connectivity index (χ4v) is 8.90. The summed E-state index contributed by atoms with van der Waals surface area (Å²) < 4.78 is 20.0. The Balaban J connectivity index is 0.876. The lowest BCUT2D eigenvalue weighted by atomic mass is 10.0. The monoisotopic (exact) mass is 915 g/mol. The SMILES string of the molecule is C[C@@H]1CN(C(=O)c2ccc(NC(=O)c3cc(O[C@H](C)c4c(Cl)ccc(F)c4Cl)c(N)nn3)cc2)C[C@H](C)N1C(=O)CCCCNc1cccc2c1C(=O)N(C1CCC(=O)NC1=O)C2=O. The fraction of sp³-hybridized carbons (Fsp3) is 0.341. The molecule has 3 aromatic carbocycles. The molecule has 2 saturated heterocycles. The van der Waals surface area contributed by atoms with Crippen molar-refractivity contribution in [3.63, 3.8) is 0 Å². The van der Waals surface area contributed by atoms with Crippen molar-refractivity contribution >= 4 is 81.7 Å². The van der Waals surface area contributed by atoms with Gasteiger partial charge in [-0.2, -0.15) is 0 Å². The van der Waals surface area contributed by atoms with Crippen molar-refractivity contribution in [2.75, 3.05) is 36.0 Å². The summed E-state index contributed by atoms with van der Waals surface area (Å²) in [7, 11) is 0. The van der Waals surface area contributed by atoms with E-state index in [1.165, 1.54) is 18.2 Å². The summed E-state index contributed by atoms with van der Waals surface area (Å²) in [6.07, 6.45) is 0.609. The molecule has 64 heavy (non-hydrogen) atoms. The predicted molar refractivity (Wildman–Crippen MR) is 233 cm³/mol. The van der Waals surface area contributed by atoms with Gasteiger partial charge in [0.05, 0.1) is 16.1 Å². The first-order valence-corrected chi connectivity index (χ1v) is 21.3. The number of ether oxygens (including phenoxy) is 1. The minimum Gasteiger partial charge on any atom is -0.482 e. The van der Waals surface area contributed by atoms with Crippen molar-refractivity contribution < 1.29 is 42.7 Å². The second-order valence-corrected chi connectivity index (χ2v) is 16.6. The Kier molecular flexibility index (Phi) is 13.5. The van der Waals surface area contributed by atoms with E-state index in [0.717, 1.165) is 11.0 Å². The Morgan fingerprint density at radius 2 is 1.69 bits per heavy atom. The number of unbranched alkanes of at least 4 members (excludes halogenated alkanes) is 1. The van der Waals surface area contributed by atoms with E-state index in [1.807, 2.05) is 13.8 Å². The highest BCUT2D eigenvalue weighted by molar-refractivity contribution is 6.36. The van der Waals surface area contributed by atoms with E-state index in [9.17, 15) is 38.0 Å². The van der Waals surface area contributed by atoms with Gasteiger partial charge in [-0.3, -0.25) is 43.8 Å². The highest BCUT2D eigenvalue weighted by Gasteiger charge is 2.45. The van der Waals surface area contributed by atoms with Crippen molar-refractivity contribution in [3.8, 4) is 5.75 Å². The molecule has 7 rings (SSSR count). The minimum absolute atomic E-state index is 0.00179. The number of piperazine rings is 1. The number of hydrogen-bond donors (Lipinski definition) is 4. The largest absolute Gasteiger partial charge is 0.482 e. The molecule has 0 aliphatic carbocycles. The molecule has 4 heterocycles. The summed E-state index contributed by atoms with van der Waals surface area (Å²) in [5.74, 6) is -4.04. The number of carbonyl (C=O) groups is 7. The van der Waals surface area contributed by atoms with Crippen LogP contribution in [0.2, 0.25) is 10.0 Å². The van der Waals surface area contributed by atoms with Gasteiger partial charge >= 0.3 is 0 Å². The average molecular weight is 917 g/mol. The van der Waals surface area contributed by atoms with Crippen LogP contribution in [0.5, 0.6) is 5.75 Å². The summed E-state index contributed by atoms with van der Waals surface area (Å²) in [5.41, 5.74) is 7.56. The predicted octanol–water partition coefficient (Wildman–Crippen LogP) is 5.64. The lowest BCUT2D eigenvalue weighted by molar-refractivity contribution is -0.139. The second-order valence-electron chi connectivity index (χ2n) is 15.8. The number of carbonyl (C=O) groups excluding carboxylic acids is 7. The van der Waals surface area contributed by atoms with Gasteiger partial charge in [0.1, 0.15) is 18.0 Å². The number of anilines is 3. The molecule has 4 atom stereocenters. The molecule has 3 aliphatic rings. The van der Waals surface area contributed by atoms with Gasteiger partial charge in [0.2, 0.25) is 17.7 Å². The highest BCUT2D eigenvalue weighted by Crippen LogP contribution is 2.36. The lowest BCUT2D eigenvalue weighted by Crippen LogP contribution is -2.59. The first kappa shape index (κ1) is 45.4. The Labute approximate surface area is 376 Å². The number of piperidine rings is 1. The van der Waals surface area contributed by atoms with Gasteiger partial charge in [0.25, 0.3) is 23.6 Å². The number of benzene rings is 3. The summed E-state index contributed by atoms with van der Waals surface area (Å²) >= 11 is 12.4. The molecule has 3 aliphatic heterocycles. The van der Waals surface area contributed by atoms with E-state index < -0.39 is 47.5 Å². The third kappa shape index (κ3) is 9.33. The van der Waals surface area contributed by atoms with Crippen molar-refractivity contribution in [2.45, 2.75) is 77.1 Å². The third-order valence-corrected chi connectivity index (χ3v) is 12.0.